The molecule has 2 aromatic carbocycles. The van der Waals surface area contributed by atoms with E-state index in [1.165, 1.54) is 93.5 Å². The van der Waals surface area contributed by atoms with Crippen molar-refractivity contribution in [1.29, 1.82) is 0 Å². The van der Waals surface area contributed by atoms with Crippen molar-refractivity contribution in [3.63, 3.8) is 0 Å². The van der Waals surface area contributed by atoms with E-state index in [1.54, 1.807) is 0 Å². The molecule has 57 heavy (non-hydrogen) atoms. The summed E-state index contributed by atoms with van der Waals surface area (Å²) < 4.78 is 73.5. The van der Waals surface area contributed by atoms with Gasteiger partial charge in [0.15, 0.2) is 11.5 Å². The summed E-state index contributed by atoms with van der Waals surface area (Å²) in [5.41, 5.74) is 0. The first-order valence-electron chi connectivity index (χ1n) is 20.3. The third kappa shape index (κ3) is 25.9. The predicted molar refractivity (Wildman–Crippen MR) is 218 cm³/mol. The Bertz CT molecular complexity index is 1700. The lowest BCUT2D eigenvalue weighted by molar-refractivity contribution is -0.135. The van der Waals surface area contributed by atoms with Gasteiger partial charge in [0.25, 0.3) is 20.2 Å². The van der Waals surface area contributed by atoms with Crippen LogP contribution in [0.1, 0.15) is 149 Å². The maximum absolute atomic E-state index is 11.9. The van der Waals surface area contributed by atoms with Crippen LogP contribution in [0.15, 0.2) is 58.3 Å². The van der Waals surface area contributed by atoms with Gasteiger partial charge in [-0.15, -0.1) is 0 Å². The van der Waals surface area contributed by atoms with Gasteiger partial charge in [0.2, 0.25) is 11.8 Å². The van der Waals surface area contributed by atoms with Crippen molar-refractivity contribution in [2.75, 3.05) is 13.1 Å². The first kappa shape index (κ1) is 51.2. The first-order valence-corrected chi connectivity index (χ1v) is 23.1. The van der Waals surface area contributed by atoms with Crippen LogP contribution in [0.25, 0.3) is 0 Å². The van der Waals surface area contributed by atoms with Gasteiger partial charge < -0.3 is 20.1 Å². The van der Waals surface area contributed by atoms with E-state index in [-0.39, 0.29) is 36.2 Å². The number of benzene rings is 2. The summed E-state index contributed by atoms with van der Waals surface area (Å²) in [6.45, 7) is 5.49. The number of unbranched alkanes of at least 4 members (excludes halogenated alkanes) is 13. The first-order chi connectivity index (χ1) is 27.2. The predicted octanol–water partition coefficient (Wildman–Crippen LogP) is 8.14. The van der Waals surface area contributed by atoms with Crippen molar-refractivity contribution in [2.45, 2.75) is 158 Å². The smallest absolute Gasteiger partial charge is 0.311 e. The standard InChI is InChI=1S/C21H33NO6S.C20H31NO6S/c1-2-3-4-5-6-8-15-20(23)22-17-12-7-9-16-21(24)28-18-13-10-11-14-19(18)29(25,26)27;1-2-3-4-5-7-14-19(22)21-16-11-6-8-15-20(23)27-17-12-9-10-13-18(17)28(24,25)26/h10-11,13-14H,2-9,12,15-17H2,1H3,(H,22,23)(H,25,26,27);9-10,12-13H,2-8,11,14-16H2,1H3,(H,21,22)(H,24,25,26). The van der Waals surface area contributed by atoms with Crippen molar-refractivity contribution >= 4 is 44.0 Å². The monoisotopic (exact) mass is 840 g/mol. The van der Waals surface area contributed by atoms with Gasteiger partial charge in [-0.25, -0.2) is 0 Å². The average molecular weight is 841 g/mol. The van der Waals surface area contributed by atoms with E-state index >= 15 is 0 Å². The van der Waals surface area contributed by atoms with Crippen LogP contribution in [0.5, 0.6) is 11.5 Å². The van der Waals surface area contributed by atoms with E-state index in [0.29, 0.717) is 38.8 Å². The molecule has 0 saturated heterocycles. The molecule has 2 aromatic rings. The minimum Gasteiger partial charge on any atom is -0.425 e. The van der Waals surface area contributed by atoms with Crippen LogP contribution < -0.4 is 20.1 Å². The number of ether oxygens (including phenoxy) is 2. The zero-order chi connectivity index (χ0) is 42.4. The highest BCUT2D eigenvalue weighted by Crippen LogP contribution is 2.24. The van der Waals surface area contributed by atoms with Crippen molar-refractivity contribution < 1.29 is 54.6 Å². The van der Waals surface area contributed by atoms with Crippen LogP contribution in [0, 0.1) is 0 Å². The summed E-state index contributed by atoms with van der Waals surface area (Å²) in [7, 11) is -8.90. The fraction of sp³-hybridized carbons (Fsp3) is 0.610. The second-order valence-electron chi connectivity index (χ2n) is 13.8. The van der Waals surface area contributed by atoms with Crippen LogP contribution in [0.2, 0.25) is 0 Å². The molecule has 0 heterocycles. The Kier molecular flexibility index (Phi) is 27.2. The molecule has 0 fully saturated rings. The Labute approximate surface area is 339 Å². The molecule has 2 rings (SSSR count). The molecular weight excluding hydrogens is 777 g/mol. The third-order valence-electron chi connectivity index (χ3n) is 8.73. The van der Waals surface area contributed by atoms with Gasteiger partial charge in [-0.05, 0) is 62.8 Å². The van der Waals surface area contributed by atoms with Gasteiger partial charge in [-0.1, -0.05) is 109 Å². The average Bonchev–Trinajstić information content (AvgIpc) is 3.15. The largest absolute Gasteiger partial charge is 0.425 e. The third-order valence-corrected chi connectivity index (χ3v) is 10.5. The van der Waals surface area contributed by atoms with Crippen molar-refractivity contribution in [3.8, 4) is 11.5 Å². The summed E-state index contributed by atoms with van der Waals surface area (Å²) in [5, 5.41) is 5.76. The van der Waals surface area contributed by atoms with Gasteiger partial charge in [0.1, 0.15) is 9.79 Å². The highest BCUT2D eigenvalue weighted by atomic mass is 32.2. The quantitative estimate of drug-likeness (QED) is 0.0264. The minimum atomic E-state index is -4.45. The molecule has 14 nitrogen and oxygen atoms in total. The molecule has 2 amide bonds. The topological polar surface area (TPSA) is 220 Å². The number of para-hydroxylation sites is 2. The summed E-state index contributed by atoms with van der Waals surface area (Å²) >= 11 is 0. The van der Waals surface area contributed by atoms with Crippen LogP contribution in [0.3, 0.4) is 0 Å². The highest BCUT2D eigenvalue weighted by Gasteiger charge is 2.19. The van der Waals surface area contributed by atoms with Gasteiger partial charge in [0, 0.05) is 38.8 Å². The lowest BCUT2D eigenvalue weighted by Crippen LogP contribution is -2.24. The molecule has 0 unspecified atom stereocenters. The van der Waals surface area contributed by atoms with E-state index in [1.807, 2.05) is 0 Å². The van der Waals surface area contributed by atoms with Gasteiger partial charge in [-0.3, -0.25) is 28.3 Å². The van der Waals surface area contributed by atoms with Gasteiger partial charge in [-0.2, -0.15) is 16.8 Å². The van der Waals surface area contributed by atoms with Gasteiger partial charge >= 0.3 is 11.9 Å². The molecule has 16 heteroatoms. The number of carbonyl (C=O) groups excluding carboxylic acids is 4. The Balaban J connectivity index is 0.000000570. The molecule has 322 valence electrons. The summed E-state index contributed by atoms with van der Waals surface area (Å²) in [6, 6.07) is 10.9. The number of hydrogen-bond donors (Lipinski definition) is 4. The lowest BCUT2D eigenvalue weighted by Gasteiger charge is -2.08. The molecule has 0 aliphatic carbocycles. The minimum absolute atomic E-state index is 0.0673. The second-order valence-corrected chi connectivity index (χ2v) is 16.6. The normalized spacial score (nSPS) is 11.2. The molecule has 0 aliphatic rings. The molecule has 0 radical (unpaired) electrons. The van der Waals surface area contributed by atoms with E-state index < -0.39 is 42.0 Å². The molecule has 0 spiro atoms. The zero-order valence-corrected chi connectivity index (χ0v) is 35.3. The van der Waals surface area contributed by atoms with E-state index in [9.17, 15) is 36.0 Å². The van der Waals surface area contributed by atoms with Crippen molar-refractivity contribution in [2.24, 2.45) is 0 Å². The fourth-order valence-electron chi connectivity index (χ4n) is 5.57. The van der Waals surface area contributed by atoms with Crippen molar-refractivity contribution in [1.82, 2.24) is 10.6 Å². The Morgan fingerprint density at radius 1 is 0.474 bits per heavy atom. The summed E-state index contributed by atoms with van der Waals surface area (Å²) in [5.74, 6) is -1.34. The molecular formula is C41H64N2O12S2. The SMILES string of the molecule is CCCCCCCC(=O)NCCCCCC(=O)Oc1ccccc1S(=O)(=O)O.CCCCCCCCC(=O)NCCCCCC(=O)Oc1ccccc1S(=O)(=O)O. The highest BCUT2D eigenvalue weighted by molar-refractivity contribution is 7.86. The molecule has 0 atom stereocenters. The fourth-order valence-corrected chi connectivity index (χ4v) is 6.80. The van der Waals surface area contributed by atoms with E-state index in [4.69, 9.17) is 18.6 Å². The van der Waals surface area contributed by atoms with E-state index in [0.717, 1.165) is 51.4 Å². The summed E-state index contributed by atoms with van der Waals surface area (Å²) in [4.78, 5) is 46.3. The summed E-state index contributed by atoms with van der Waals surface area (Å²) in [6.07, 6.45) is 18.0. The Morgan fingerprint density at radius 3 is 1.16 bits per heavy atom. The zero-order valence-electron chi connectivity index (χ0n) is 33.7. The number of carbonyl (C=O) groups is 4. The second kappa shape index (κ2) is 30.3. The molecule has 0 aromatic heterocycles. The Hall–Kier alpha value is -3.86. The maximum Gasteiger partial charge on any atom is 0.311 e. The Morgan fingerprint density at radius 2 is 0.789 bits per heavy atom. The van der Waals surface area contributed by atoms with Crippen LogP contribution in [0.4, 0.5) is 0 Å². The molecule has 0 bridgehead atoms. The molecule has 0 aliphatic heterocycles. The number of rotatable bonds is 29. The molecule has 0 saturated carbocycles. The van der Waals surface area contributed by atoms with Crippen LogP contribution in [-0.2, 0) is 39.4 Å². The van der Waals surface area contributed by atoms with Gasteiger partial charge in [0.05, 0.1) is 0 Å². The van der Waals surface area contributed by atoms with E-state index in [2.05, 4.69) is 24.5 Å². The molecule has 4 N–H and O–H groups in total. The number of nitrogens with one attached hydrogen (secondary N) is 2. The van der Waals surface area contributed by atoms with Crippen LogP contribution in [-0.4, -0.2) is 62.8 Å². The number of amides is 2. The van der Waals surface area contributed by atoms with Crippen molar-refractivity contribution in [3.05, 3.63) is 48.5 Å². The maximum atomic E-state index is 11.9. The number of hydrogen-bond acceptors (Lipinski definition) is 10. The number of esters is 2. The lowest BCUT2D eigenvalue weighted by atomic mass is 10.1. The van der Waals surface area contributed by atoms with Crippen LogP contribution >= 0.6 is 0 Å².